The average molecular weight is 479 g/mol. The van der Waals surface area contributed by atoms with Gasteiger partial charge in [0.05, 0.1) is 27.6 Å². The molecule has 0 atom stereocenters. The van der Waals surface area contributed by atoms with Gasteiger partial charge in [0.25, 0.3) is 0 Å². The van der Waals surface area contributed by atoms with Crippen molar-refractivity contribution in [2.45, 2.75) is 42.7 Å². The number of aliphatic hydroxyl groups is 1. The molecule has 5 rings (SSSR count). The Labute approximate surface area is 191 Å². The number of sulfonamides is 1. The number of nitrogens with zero attached hydrogens (tertiary/aromatic N) is 4. The molecular weight excluding hydrogens is 455 g/mol. The van der Waals surface area contributed by atoms with Crippen LogP contribution in [0.5, 0.6) is 0 Å². The molecule has 1 aromatic heterocycles. The molecule has 1 saturated heterocycles. The molecule has 2 fully saturated rings. The number of aliphatic hydroxyl groups excluding tert-OH is 1. The van der Waals surface area contributed by atoms with Crippen molar-refractivity contribution in [1.29, 1.82) is 0 Å². The third-order valence-electron chi connectivity index (χ3n) is 6.22. The number of anilines is 2. The fraction of sp³-hybridized carbons (Fsp3) is 0.409. The van der Waals surface area contributed by atoms with Crippen LogP contribution in [0.4, 0.5) is 15.9 Å². The molecule has 3 aromatic rings. The van der Waals surface area contributed by atoms with E-state index in [9.17, 15) is 17.9 Å². The topological polar surface area (TPSA) is 78.7 Å². The quantitative estimate of drug-likeness (QED) is 0.598. The molecular formula is C22H24ClFN4O3S. The number of aromatic nitrogens is 2. The number of fused-ring (bicyclic) bond motifs is 1. The summed E-state index contributed by atoms with van der Waals surface area (Å²) in [6.07, 6.45) is 2.46. The van der Waals surface area contributed by atoms with E-state index in [4.69, 9.17) is 16.7 Å². The second-order valence-electron chi connectivity index (χ2n) is 8.47. The molecule has 32 heavy (non-hydrogen) atoms. The summed E-state index contributed by atoms with van der Waals surface area (Å²) in [5.41, 5.74) is 1.51. The van der Waals surface area contributed by atoms with E-state index in [1.807, 2.05) is 4.68 Å². The number of benzene rings is 2. The van der Waals surface area contributed by atoms with Crippen molar-refractivity contribution < 1.29 is 17.9 Å². The van der Waals surface area contributed by atoms with Gasteiger partial charge in [0, 0.05) is 31.2 Å². The van der Waals surface area contributed by atoms with Crippen LogP contribution in [0.25, 0.3) is 10.9 Å². The smallest absolute Gasteiger partial charge is 0.243 e. The molecule has 0 amide bonds. The second-order valence-corrected chi connectivity index (χ2v) is 10.8. The summed E-state index contributed by atoms with van der Waals surface area (Å²) in [5.74, 6) is 0.0814. The van der Waals surface area contributed by atoms with Gasteiger partial charge >= 0.3 is 0 Å². The van der Waals surface area contributed by atoms with Crippen LogP contribution < -0.4 is 4.90 Å². The first-order chi connectivity index (χ1) is 15.3. The van der Waals surface area contributed by atoms with E-state index in [0.29, 0.717) is 48.9 Å². The van der Waals surface area contributed by atoms with Crippen LogP contribution >= 0.6 is 11.6 Å². The van der Waals surface area contributed by atoms with Crippen molar-refractivity contribution in [3.05, 3.63) is 47.2 Å². The Morgan fingerprint density at radius 3 is 2.50 bits per heavy atom. The largest absolute Gasteiger partial charge is 0.393 e. The minimum absolute atomic E-state index is 0.0100. The first kappa shape index (κ1) is 21.6. The summed E-state index contributed by atoms with van der Waals surface area (Å²) >= 11 is 5.98. The summed E-state index contributed by atoms with van der Waals surface area (Å²) in [6.45, 7) is 0.591. The number of hydrogen-bond donors (Lipinski definition) is 1. The number of halogens is 2. The van der Waals surface area contributed by atoms with E-state index >= 15 is 0 Å². The lowest BCUT2D eigenvalue weighted by atomic mass is 10.1. The highest BCUT2D eigenvalue weighted by molar-refractivity contribution is 7.89. The van der Waals surface area contributed by atoms with Gasteiger partial charge in [-0.05, 0) is 62.1 Å². The maximum atomic E-state index is 13.7. The maximum Gasteiger partial charge on any atom is 0.243 e. The second kappa shape index (κ2) is 7.98. The predicted molar refractivity (Wildman–Crippen MR) is 121 cm³/mol. The first-order valence-electron chi connectivity index (χ1n) is 10.6. The third-order valence-corrected chi connectivity index (χ3v) is 8.40. The summed E-state index contributed by atoms with van der Waals surface area (Å²) < 4.78 is 43.6. The van der Waals surface area contributed by atoms with Crippen LogP contribution in [0.2, 0.25) is 5.02 Å². The normalized spacial score (nSPS) is 18.4. The van der Waals surface area contributed by atoms with Crippen LogP contribution in [0.3, 0.4) is 0 Å². The van der Waals surface area contributed by atoms with Crippen molar-refractivity contribution in [3.63, 3.8) is 0 Å². The van der Waals surface area contributed by atoms with E-state index in [2.05, 4.69) is 0 Å². The standard InChI is InChI=1S/C22H24ClFN4O3S/c1-26(15-4-6-20(24)19(23)12-15)22-18-13-17(5-7-21(18)28(25-22)14-2-3-14)32(30,31)27-10-8-16(29)9-11-27/h4-7,12-14,16,29H,2-3,8-11H2,1H3. The van der Waals surface area contributed by atoms with E-state index in [1.54, 1.807) is 36.2 Å². The van der Waals surface area contributed by atoms with Gasteiger partial charge in [-0.1, -0.05) is 11.6 Å². The zero-order valence-corrected chi connectivity index (χ0v) is 19.2. The summed E-state index contributed by atoms with van der Waals surface area (Å²) in [5, 5.41) is 15.2. The van der Waals surface area contributed by atoms with E-state index in [1.165, 1.54) is 16.4 Å². The maximum absolute atomic E-state index is 13.7. The Hall–Kier alpha value is -2.20. The van der Waals surface area contributed by atoms with Crippen LogP contribution in [-0.2, 0) is 10.0 Å². The van der Waals surface area contributed by atoms with Gasteiger partial charge in [0.2, 0.25) is 10.0 Å². The summed E-state index contributed by atoms with van der Waals surface area (Å²) in [4.78, 5) is 1.99. The van der Waals surface area contributed by atoms with E-state index < -0.39 is 21.9 Å². The van der Waals surface area contributed by atoms with Gasteiger partial charge in [-0.3, -0.25) is 4.68 Å². The minimum Gasteiger partial charge on any atom is -0.393 e. The third kappa shape index (κ3) is 3.77. The predicted octanol–water partition coefficient (Wildman–Crippen LogP) is 4.08. The number of hydrogen-bond acceptors (Lipinski definition) is 5. The molecule has 0 radical (unpaired) electrons. The number of rotatable bonds is 5. The van der Waals surface area contributed by atoms with Crippen molar-refractivity contribution in [3.8, 4) is 0 Å². The molecule has 0 spiro atoms. The molecule has 1 aliphatic heterocycles. The molecule has 2 heterocycles. The van der Waals surface area contributed by atoms with Crippen molar-refractivity contribution in [1.82, 2.24) is 14.1 Å². The number of piperidine rings is 1. The van der Waals surface area contributed by atoms with Gasteiger partial charge in [0.15, 0.2) is 5.82 Å². The van der Waals surface area contributed by atoms with Gasteiger partial charge in [0.1, 0.15) is 5.82 Å². The Kier molecular flexibility index (Phi) is 5.40. The lowest BCUT2D eigenvalue weighted by Crippen LogP contribution is -2.39. The Morgan fingerprint density at radius 1 is 1.12 bits per heavy atom. The van der Waals surface area contributed by atoms with Gasteiger partial charge in [-0.15, -0.1) is 0 Å². The van der Waals surface area contributed by atoms with E-state index in [0.717, 1.165) is 18.4 Å². The Bertz CT molecular complexity index is 1280. The van der Waals surface area contributed by atoms with Crippen molar-refractivity contribution >= 4 is 44.0 Å². The van der Waals surface area contributed by atoms with Crippen molar-refractivity contribution in [2.24, 2.45) is 0 Å². The molecule has 1 saturated carbocycles. The highest BCUT2D eigenvalue weighted by Crippen LogP contribution is 2.41. The molecule has 170 valence electrons. The zero-order chi connectivity index (χ0) is 22.6. The summed E-state index contributed by atoms with van der Waals surface area (Å²) in [6, 6.07) is 9.83. The Morgan fingerprint density at radius 2 is 1.84 bits per heavy atom. The molecule has 2 aromatic carbocycles. The fourth-order valence-corrected chi connectivity index (χ4v) is 5.83. The Balaban J connectivity index is 1.59. The highest BCUT2D eigenvalue weighted by atomic mass is 35.5. The molecule has 0 bridgehead atoms. The van der Waals surface area contributed by atoms with Gasteiger partial charge < -0.3 is 10.0 Å². The molecule has 2 aliphatic rings. The monoisotopic (exact) mass is 478 g/mol. The molecule has 10 heteroatoms. The zero-order valence-electron chi connectivity index (χ0n) is 17.6. The van der Waals surface area contributed by atoms with Crippen LogP contribution in [0, 0.1) is 5.82 Å². The fourth-order valence-electron chi connectivity index (χ4n) is 4.16. The van der Waals surface area contributed by atoms with Crippen LogP contribution in [-0.4, -0.2) is 53.9 Å². The highest BCUT2D eigenvalue weighted by Gasteiger charge is 2.32. The SMILES string of the molecule is CN(c1ccc(F)c(Cl)c1)c1nn(C2CC2)c2ccc(S(=O)(=O)N3CCC(O)CC3)cc12. The van der Waals surface area contributed by atoms with Crippen molar-refractivity contribution in [2.75, 3.05) is 25.0 Å². The first-order valence-corrected chi connectivity index (χ1v) is 12.5. The average Bonchev–Trinajstić information content (AvgIpc) is 3.55. The minimum atomic E-state index is -3.70. The lowest BCUT2D eigenvalue weighted by Gasteiger charge is -2.28. The van der Waals surface area contributed by atoms with E-state index in [-0.39, 0.29) is 9.92 Å². The van der Waals surface area contributed by atoms with Crippen LogP contribution in [0.1, 0.15) is 31.7 Å². The molecule has 7 nitrogen and oxygen atoms in total. The van der Waals surface area contributed by atoms with Crippen LogP contribution in [0.15, 0.2) is 41.3 Å². The summed E-state index contributed by atoms with van der Waals surface area (Å²) in [7, 11) is -1.89. The van der Waals surface area contributed by atoms with Gasteiger partial charge in [-0.2, -0.15) is 9.40 Å². The lowest BCUT2D eigenvalue weighted by molar-refractivity contribution is 0.113. The van der Waals surface area contributed by atoms with Gasteiger partial charge in [-0.25, -0.2) is 12.8 Å². The molecule has 1 N–H and O–H groups in total. The molecule has 0 unspecified atom stereocenters. The molecule has 1 aliphatic carbocycles.